The van der Waals surface area contributed by atoms with Crippen molar-refractivity contribution in [2.75, 3.05) is 0 Å². The Hall–Kier alpha value is -2.45. The summed E-state index contributed by atoms with van der Waals surface area (Å²) < 4.78 is 37.7. The summed E-state index contributed by atoms with van der Waals surface area (Å²) in [6, 6.07) is 2.99. The summed E-state index contributed by atoms with van der Waals surface area (Å²) >= 11 is 0. The van der Waals surface area contributed by atoms with E-state index in [1.807, 2.05) is 0 Å². The molecule has 0 saturated heterocycles. The Balaban J connectivity index is 2.31. The first kappa shape index (κ1) is 12.0. The number of halogens is 3. The zero-order chi connectivity index (χ0) is 13.3. The van der Waals surface area contributed by atoms with Gasteiger partial charge in [0.15, 0.2) is 17.2 Å². The van der Waals surface area contributed by atoms with Crippen LogP contribution >= 0.6 is 0 Å². The van der Waals surface area contributed by atoms with E-state index < -0.39 is 17.8 Å². The van der Waals surface area contributed by atoms with Crippen LogP contribution in [0.15, 0.2) is 24.4 Å². The first-order chi connectivity index (χ1) is 8.38. The summed E-state index contributed by atoms with van der Waals surface area (Å²) in [7, 11) is 0. The van der Waals surface area contributed by atoms with Crippen molar-refractivity contribution < 1.29 is 23.1 Å². The summed E-state index contributed by atoms with van der Waals surface area (Å²) in [5, 5.41) is 18.6. The number of carboxylic acid groups (broad SMARTS) is 1. The minimum Gasteiger partial charge on any atom is -0.476 e. The molecule has 2 aromatic rings. The number of carboxylic acids is 1. The standard InChI is InChI=1S/C9H5F3N4O2/c10-9(11,12)6-1-2-7(14-13-6)16-4-3-5(15-16)8(17)18/h1-4H,(H,17,18). The van der Waals surface area contributed by atoms with Crippen LogP contribution < -0.4 is 0 Å². The lowest BCUT2D eigenvalue weighted by Gasteiger charge is -2.04. The molecular weight excluding hydrogens is 253 g/mol. The van der Waals surface area contributed by atoms with Crippen LogP contribution in [-0.2, 0) is 6.18 Å². The molecule has 2 aromatic heterocycles. The average molecular weight is 258 g/mol. The highest BCUT2D eigenvalue weighted by molar-refractivity contribution is 5.85. The summed E-state index contributed by atoms with van der Waals surface area (Å²) in [5.41, 5.74) is -1.37. The van der Waals surface area contributed by atoms with Gasteiger partial charge in [0.05, 0.1) is 0 Å². The second kappa shape index (κ2) is 4.09. The fraction of sp³-hybridized carbons (Fsp3) is 0.111. The van der Waals surface area contributed by atoms with Crippen LogP contribution in [0.2, 0.25) is 0 Å². The van der Waals surface area contributed by atoms with Crippen molar-refractivity contribution >= 4 is 5.97 Å². The molecule has 0 aromatic carbocycles. The Morgan fingerprint density at radius 1 is 1.22 bits per heavy atom. The highest BCUT2D eigenvalue weighted by Gasteiger charge is 2.32. The minimum absolute atomic E-state index is 0.00417. The van der Waals surface area contributed by atoms with Crippen molar-refractivity contribution in [1.82, 2.24) is 20.0 Å². The van der Waals surface area contributed by atoms with Crippen molar-refractivity contribution in [2.24, 2.45) is 0 Å². The lowest BCUT2D eigenvalue weighted by atomic mass is 10.4. The summed E-state index contributed by atoms with van der Waals surface area (Å²) in [4.78, 5) is 10.6. The SMILES string of the molecule is O=C(O)c1ccn(-c2ccc(C(F)(F)F)nn2)n1. The second-order valence-corrected chi connectivity index (χ2v) is 3.23. The molecule has 9 heteroatoms. The molecule has 0 unspecified atom stereocenters. The van der Waals surface area contributed by atoms with Gasteiger partial charge in [-0.05, 0) is 18.2 Å². The lowest BCUT2D eigenvalue weighted by Crippen LogP contribution is -2.11. The summed E-state index contributed by atoms with van der Waals surface area (Å²) in [6.07, 6.45) is -3.30. The maximum Gasteiger partial charge on any atom is 0.435 e. The maximum absolute atomic E-state index is 12.2. The Morgan fingerprint density at radius 3 is 2.39 bits per heavy atom. The van der Waals surface area contributed by atoms with Gasteiger partial charge >= 0.3 is 12.1 Å². The molecule has 0 aliphatic carbocycles. The third-order valence-corrected chi connectivity index (χ3v) is 1.98. The zero-order valence-corrected chi connectivity index (χ0v) is 8.59. The van der Waals surface area contributed by atoms with Crippen LogP contribution in [0.1, 0.15) is 16.2 Å². The van der Waals surface area contributed by atoms with Crippen molar-refractivity contribution in [3.63, 3.8) is 0 Å². The number of hydrogen-bond acceptors (Lipinski definition) is 4. The Bertz CT molecular complexity index is 576. The number of nitrogens with zero attached hydrogens (tertiary/aromatic N) is 4. The Kier molecular flexibility index (Phi) is 2.73. The zero-order valence-electron chi connectivity index (χ0n) is 8.59. The van der Waals surface area contributed by atoms with E-state index in [-0.39, 0.29) is 11.5 Å². The first-order valence-electron chi connectivity index (χ1n) is 4.58. The van der Waals surface area contributed by atoms with Gasteiger partial charge in [0.2, 0.25) is 0 Å². The quantitative estimate of drug-likeness (QED) is 0.880. The van der Waals surface area contributed by atoms with Crippen LogP contribution in [0.3, 0.4) is 0 Å². The monoisotopic (exact) mass is 258 g/mol. The molecule has 0 atom stereocenters. The van der Waals surface area contributed by atoms with E-state index in [0.717, 1.165) is 16.8 Å². The van der Waals surface area contributed by atoms with Crippen LogP contribution in [0.25, 0.3) is 5.82 Å². The predicted molar refractivity (Wildman–Crippen MR) is 51.1 cm³/mol. The van der Waals surface area contributed by atoms with E-state index in [1.54, 1.807) is 0 Å². The Morgan fingerprint density at radius 2 is 1.94 bits per heavy atom. The van der Waals surface area contributed by atoms with E-state index in [1.165, 1.54) is 12.3 Å². The molecule has 0 aliphatic rings. The molecule has 2 rings (SSSR count). The van der Waals surface area contributed by atoms with Gasteiger partial charge in [0.1, 0.15) is 0 Å². The van der Waals surface area contributed by atoms with Crippen molar-refractivity contribution in [3.8, 4) is 5.82 Å². The molecule has 18 heavy (non-hydrogen) atoms. The third-order valence-electron chi connectivity index (χ3n) is 1.98. The van der Waals surface area contributed by atoms with Crippen molar-refractivity contribution in [3.05, 3.63) is 35.8 Å². The molecule has 0 amide bonds. The average Bonchev–Trinajstić information content (AvgIpc) is 2.77. The van der Waals surface area contributed by atoms with Crippen LogP contribution in [-0.4, -0.2) is 31.1 Å². The summed E-state index contributed by atoms with van der Waals surface area (Å²) in [6.45, 7) is 0. The van der Waals surface area contributed by atoms with Gasteiger partial charge in [-0.1, -0.05) is 0 Å². The molecule has 0 spiro atoms. The largest absolute Gasteiger partial charge is 0.476 e. The molecule has 0 fully saturated rings. The number of carbonyl (C=O) groups is 1. The molecular formula is C9H5F3N4O2. The maximum atomic E-state index is 12.2. The lowest BCUT2D eigenvalue weighted by molar-refractivity contribution is -0.141. The summed E-state index contributed by atoms with van der Waals surface area (Å²) in [5.74, 6) is -1.25. The van der Waals surface area contributed by atoms with Crippen molar-refractivity contribution in [1.29, 1.82) is 0 Å². The van der Waals surface area contributed by atoms with Gasteiger partial charge in [-0.2, -0.15) is 18.3 Å². The van der Waals surface area contributed by atoms with Crippen LogP contribution in [0.4, 0.5) is 13.2 Å². The molecule has 0 radical (unpaired) electrons. The van der Waals surface area contributed by atoms with Gasteiger partial charge in [-0.15, -0.1) is 10.2 Å². The number of aromatic carboxylic acids is 1. The third kappa shape index (κ3) is 2.29. The number of rotatable bonds is 2. The number of alkyl halides is 3. The fourth-order valence-corrected chi connectivity index (χ4v) is 1.16. The van der Waals surface area contributed by atoms with E-state index in [0.29, 0.717) is 0 Å². The van der Waals surface area contributed by atoms with E-state index >= 15 is 0 Å². The van der Waals surface area contributed by atoms with Gasteiger partial charge in [0, 0.05) is 6.20 Å². The number of hydrogen-bond donors (Lipinski definition) is 1. The van der Waals surface area contributed by atoms with Gasteiger partial charge in [-0.25, -0.2) is 9.48 Å². The minimum atomic E-state index is -4.57. The van der Waals surface area contributed by atoms with Gasteiger partial charge in [0.25, 0.3) is 0 Å². The predicted octanol–water partition coefficient (Wildman–Crippen LogP) is 1.38. The van der Waals surface area contributed by atoms with Crippen molar-refractivity contribution in [2.45, 2.75) is 6.18 Å². The van der Waals surface area contributed by atoms with E-state index in [4.69, 9.17) is 5.11 Å². The van der Waals surface area contributed by atoms with E-state index in [9.17, 15) is 18.0 Å². The highest BCUT2D eigenvalue weighted by atomic mass is 19.4. The van der Waals surface area contributed by atoms with Gasteiger partial charge < -0.3 is 5.11 Å². The fourth-order valence-electron chi connectivity index (χ4n) is 1.16. The highest BCUT2D eigenvalue weighted by Crippen LogP contribution is 2.26. The van der Waals surface area contributed by atoms with Crippen LogP contribution in [0.5, 0.6) is 0 Å². The smallest absolute Gasteiger partial charge is 0.435 e. The normalized spacial score (nSPS) is 11.5. The Labute approximate surface area is 97.7 Å². The molecule has 1 N–H and O–H groups in total. The second-order valence-electron chi connectivity index (χ2n) is 3.23. The molecule has 0 bridgehead atoms. The topological polar surface area (TPSA) is 80.9 Å². The molecule has 6 nitrogen and oxygen atoms in total. The molecule has 0 aliphatic heterocycles. The molecule has 0 saturated carbocycles. The molecule has 94 valence electrons. The van der Waals surface area contributed by atoms with E-state index in [2.05, 4.69) is 15.3 Å². The first-order valence-corrected chi connectivity index (χ1v) is 4.58. The van der Waals surface area contributed by atoms with Gasteiger partial charge in [-0.3, -0.25) is 0 Å². The van der Waals surface area contributed by atoms with Crippen LogP contribution in [0, 0.1) is 0 Å². The number of aromatic nitrogens is 4. The molecule has 2 heterocycles.